The molecule has 0 spiro atoms. The number of nitrogens with zero attached hydrogens (tertiary/aromatic N) is 3. The van der Waals surface area contributed by atoms with Crippen LogP contribution in [0.2, 0.25) is 0 Å². The first-order chi connectivity index (χ1) is 24.7. The molecule has 7 aromatic carbocycles. The molecule has 0 fully saturated rings. The highest BCUT2D eigenvalue weighted by Gasteiger charge is 2.17. The van der Waals surface area contributed by atoms with Crippen LogP contribution >= 0.6 is 0 Å². The van der Waals surface area contributed by atoms with E-state index in [9.17, 15) is 0 Å². The molecule has 234 valence electrons. The summed E-state index contributed by atoms with van der Waals surface area (Å²) in [5, 5.41) is 4.12. The molecule has 0 saturated heterocycles. The first kappa shape index (κ1) is 28.2. The molecule has 0 aliphatic heterocycles. The minimum absolute atomic E-state index is 0.591. The first-order valence-electron chi connectivity index (χ1n) is 16.6. The van der Waals surface area contributed by atoms with Gasteiger partial charge in [-0.2, -0.15) is 0 Å². The van der Waals surface area contributed by atoms with Crippen LogP contribution < -0.4 is 0 Å². The lowest BCUT2D eigenvalue weighted by molar-refractivity contribution is 0.668. The molecule has 0 unspecified atom stereocenters. The van der Waals surface area contributed by atoms with Gasteiger partial charge in [-0.15, -0.1) is 0 Å². The zero-order valence-electron chi connectivity index (χ0n) is 26.7. The van der Waals surface area contributed by atoms with Gasteiger partial charge in [-0.05, 0) is 82.9 Å². The molecule has 50 heavy (non-hydrogen) atoms. The van der Waals surface area contributed by atoms with Crippen molar-refractivity contribution in [1.29, 1.82) is 0 Å². The van der Waals surface area contributed by atoms with Crippen LogP contribution in [0.3, 0.4) is 0 Å². The summed E-state index contributed by atoms with van der Waals surface area (Å²) in [6, 6.07) is 55.8. The molecule has 0 N–H and O–H groups in total. The van der Waals surface area contributed by atoms with Crippen LogP contribution in [0.1, 0.15) is 0 Å². The third-order valence-electron chi connectivity index (χ3n) is 9.34. The maximum Gasteiger partial charge on any atom is 0.164 e. The zero-order chi connectivity index (χ0) is 33.0. The van der Waals surface area contributed by atoms with Crippen molar-refractivity contribution >= 4 is 43.9 Å². The molecule has 0 bridgehead atoms. The highest BCUT2D eigenvalue weighted by molar-refractivity contribution is 6.08. The van der Waals surface area contributed by atoms with Gasteiger partial charge >= 0.3 is 0 Å². The average molecular weight is 642 g/mol. The van der Waals surface area contributed by atoms with Gasteiger partial charge < -0.3 is 8.83 Å². The maximum absolute atomic E-state index is 6.26. The van der Waals surface area contributed by atoms with E-state index in [0.29, 0.717) is 17.5 Å². The van der Waals surface area contributed by atoms with Crippen molar-refractivity contribution in [3.63, 3.8) is 0 Å². The van der Waals surface area contributed by atoms with Crippen molar-refractivity contribution in [3.05, 3.63) is 164 Å². The average Bonchev–Trinajstić information content (AvgIpc) is 3.75. The first-order valence-corrected chi connectivity index (χ1v) is 16.6. The molecule has 5 heteroatoms. The normalized spacial score (nSPS) is 11.6. The standard InChI is InChI=1S/C45H27N3O2/c1-4-10-28(11-5-1)31-16-20-39-35(24-31)37-26-33(18-22-41(37)49-39)44-46-43(30-14-8-3-9-15-30)47-45(48-44)34-19-23-42-38(27-34)36-25-32(17-21-40(36)50-42)29-12-6-2-7-13-29/h1-27H. The fourth-order valence-electron chi connectivity index (χ4n) is 6.80. The molecular weight excluding hydrogens is 615 g/mol. The largest absolute Gasteiger partial charge is 0.456 e. The van der Waals surface area contributed by atoms with Crippen molar-refractivity contribution in [2.75, 3.05) is 0 Å². The Bertz CT molecular complexity index is 2680. The molecule has 10 aromatic rings. The Hall–Kier alpha value is -6.85. The molecule has 0 saturated carbocycles. The number of benzene rings is 7. The SMILES string of the molecule is c1ccc(-c2ccc3oc4ccc(-c5nc(-c6ccccc6)nc(-c6ccc7oc8ccc(-c9ccccc9)cc8c7c6)n5)cc4c3c2)cc1. The number of hydrogen-bond acceptors (Lipinski definition) is 5. The van der Waals surface area contributed by atoms with E-state index in [-0.39, 0.29) is 0 Å². The molecule has 3 aromatic heterocycles. The van der Waals surface area contributed by atoms with E-state index in [1.807, 2.05) is 78.9 Å². The van der Waals surface area contributed by atoms with E-state index >= 15 is 0 Å². The van der Waals surface area contributed by atoms with Crippen LogP contribution in [0, 0.1) is 0 Å². The van der Waals surface area contributed by atoms with Crippen LogP contribution in [0.25, 0.3) is 100 Å². The topological polar surface area (TPSA) is 65.0 Å². The molecule has 5 nitrogen and oxygen atoms in total. The van der Waals surface area contributed by atoms with E-state index < -0.39 is 0 Å². The summed E-state index contributed by atoms with van der Waals surface area (Å²) in [6.07, 6.45) is 0. The number of furan rings is 2. The van der Waals surface area contributed by atoms with Crippen molar-refractivity contribution < 1.29 is 8.83 Å². The van der Waals surface area contributed by atoms with E-state index in [1.54, 1.807) is 0 Å². The van der Waals surface area contributed by atoms with Gasteiger partial charge in [0, 0.05) is 38.2 Å². The summed E-state index contributed by atoms with van der Waals surface area (Å²) in [4.78, 5) is 15.1. The van der Waals surface area contributed by atoms with Crippen molar-refractivity contribution in [3.8, 4) is 56.4 Å². The van der Waals surface area contributed by atoms with Crippen LogP contribution in [0.4, 0.5) is 0 Å². The Morgan fingerprint density at radius 2 is 0.560 bits per heavy atom. The van der Waals surface area contributed by atoms with Crippen molar-refractivity contribution in [2.24, 2.45) is 0 Å². The van der Waals surface area contributed by atoms with Gasteiger partial charge in [-0.1, -0.05) is 103 Å². The summed E-state index contributed by atoms with van der Waals surface area (Å²) < 4.78 is 12.5. The predicted octanol–water partition coefficient (Wildman–Crippen LogP) is 12.0. The lowest BCUT2D eigenvalue weighted by atomic mass is 10.0. The quantitative estimate of drug-likeness (QED) is 0.187. The highest BCUT2D eigenvalue weighted by Crippen LogP contribution is 2.37. The van der Waals surface area contributed by atoms with E-state index in [4.69, 9.17) is 23.8 Å². The Morgan fingerprint density at radius 3 is 0.940 bits per heavy atom. The Kier molecular flexibility index (Phi) is 6.42. The van der Waals surface area contributed by atoms with Gasteiger partial charge in [0.1, 0.15) is 22.3 Å². The number of aromatic nitrogens is 3. The predicted molar refractivity (Wildman–Crippen MR) is 202 cm³/mol. The number of rotatable bonds is 5. The highest BCUT2D eigenvalue weighted by atomic mass is 16.3. The van der Waals surface area contributed by atoms with Gasteiger partial charge in [-0.3, -0.25) is 0 Å². The maximum atomic E-state index is 6.26. The summed E-state index contributed by atoms with van der Waals surface area (Å²) in [5.74, 6) is 1.79. The molecule has 3 heterocycles. The van der Waals surface area contributed by atoms with Gasteiger partial charge in [0.15, 0.2) is 17.5 Å². The molecule has 0 aliphatic rings. The molecule has 0 amide bonds. The third kappa shape index (κ3) is 4.83. The summed E-state index contributed by atoms with van der Waals surface area (Å²) >= 11 is 0. The van der Waals surface area contributed by atoms with Gasteiger partial charge in [-0.25, -0.2) is 15.0 Å². The second-order valence-electron chi connectivity index (χ2n) is 12.5. The van der Waals surface area contributed by atoms with E-state index in [1.165, 1.54) is 0 Å². The van der Waals surface area contributed by atoms with Crippen LogP contribution in [0.5, 0.6) is 0 Å². The van der Waals surface area contributed by atoms with Crippen molar-refractivity contribution in [1.82, 2.24) is 15.0 Å². The monoisotopic (exact) mass is 641 g/mol. The molecular formula is C45H27N3O2. The Labute approximate surface area is 287 Å². The Morgan fingerprint density at radius 1 is 0.260 bits per heavy atom. The minimum atomic E-state index is 0.591. The molecule has 0 radical (unpaired) electrons. The fraction of sp³-hybridized carbons (Fsp3) is 0. The Balaban J connectivity index is 1.13. The summed E-state index contributed by atoms with van der Waals surface area (Å²) in [6.45, 7) is 0. The number of hydrogen-bond donors (Lipinski definition) is 0. The second kappa shape index (κ2) is 11.4. The molecule has 0 atom stereocenters. The van der Waals surface area contributed by atoms with Gasteiger partial charge in [0.2, 0.25) is 0 Å². The second-order valence-corrected chi connectivity index (χ2v) is 12.5. The van der Waals surface area contributed by atoms with Crippen LogP contribution in [0.15, 0.2) is 173 Å². The lowest BCUT2D eigenvalue weighted by Crippen LogP contribution is -2.00. The number of fused-ring (bicyclic) bond motifs is 6. The van der Waals surface area contributed by atoms with Crippen molar-refractivity contribution in [2.45, 2.75) is 0 Å². The summed E-state index contributed by atoms with van der Waals surface area (Å²) in [5.41, 5.74) is 10.6. The van der Waals surface area contributed by atoms with Gasteiger partial charge in [0.05, 0.1) is 0 Å². The molecule has 0 aliphatic carbocycles. The fourth-order valence-corrected chi connectivity index (χ4v) is 6.80. The zero-order valence-corrected chi connectivity index (χ0v) is 26.7. The molecule has 10 rings (SSSR count). The summed E-state index contributed by atoms with van der Waals surface area (Å²) in [7, 11) is 0. The van der Waals surface area contributed by atoms with E-state index in [0.717, 1.165) is 82.8 Å². The van der Waals surface area contributed by atoms with E-state index in [2.05, 4.69) is 84.9 Å². The third-order valence-corrected chi connectivity index (χ3v) is 9.34. The lowest BCUT2D eigenvalue weighted by Gasteiger charge is -2.09. The van der Waals surface area contributed by atoms with Crippen LogP contribution in [-0.4, -0.2) is 15.0 Å². The minimum Gasteiger partial charge on any atom is -0.456 e. The van der Waals surface area contributed by atoms with Gasteiger partial charge in [0.25, 0.3) is 0 Å². The smallest absolute Gasteiger partial charge is 0.164 e. The van der Waals surface area contributed by atoms with Crippen LogP contribution in [-0.2, 0) is 0 Å².